The quantitative estimate of drug-likeness (QED) is 0.708. The Hall–Kier alpha value is -1.07. The first-order chi connectivity index (χ1) is 11.6. The number of fused-ring (bicyclic) bond motifs is 1. The number of aliphatic hydroxyl groups is 2. The fourth-order valence-corrected chi connectivity index (χ4v) is 3.79. The molecule has 0 saturated carbocycles. The summed E-state index contributed by atoms with van der Waals surface area (Å²) in [6.07, 6.45) is -5.16. The van der Waals surface area contributed by atoms with Gasteiger partial charge in [0.05, 0.1) is 11.5 Å². The lowest BCUT2D eigenvalue weighted by Crippen LogP contribution is -2.43. The van der Waals surface area contributed by atoms with Crippen LogP contribution < -0.4 is 0 Å². The van der Waals surface area contributed by atoms with Crippen molar-refractivity contribution in [1.82, 2.24) is 0 Å². The van der Waals surface area contributed by atoms with Crippen LogP contribution in [0.2, 0.25) is 0 Å². The van der Waals surface area contributed by atoms with E-state index in [9.17, 15) is 18.6 Å². The van der Waals surface area contributed by atoms with Crippen LogP contribution in [0, 0.1) is 6.92 Å². The standard InChI is InChI=1S/C16H22O8S/c1-9-4-6-10(7-5-9)25(19,20)21-8-11(17)13-12(18)14-15(22-13)24-16(2,3)23-14/h4-7,11-15,17-18H,8H2,1-3H3. The molecule has 2 aliphatic heterocycles. The average Bonchev–Trinajstić information content (AvgIpc) is 2.99. The van der Waals surface area contributed by atoms with Gasteiger partial charge in [-0.3, -0.25) is 4.18 Å². The highest BCUT2D eigenvalue weighted by Gasteiger charge is 2.56. The Labute approximate surface area is 146 Å². The molecule has 0 spiro atoms. The molecule has 2 saturated heterocycles. The van der Waals surface area contributed by atoms with E-state index >= 15 is 0 Å². The molecule has 9 heteroatoms. The third kappa shape index (κ3) is 3.87. The first-order valence-electron chi connectivity index (χ1n) is 7.92. The first-order valence-corrected chi connectivity index (χ1v) is 9.33. The molecule has 0 aromatic heterocycles. The minimum absolute atomic E-state index is 0.0107. The topological polar surface area (TPSA) is 112 Å². The lowest BCUT2D eigenvalue weighted by atomic mass is 10.1. The summed E-state index contributed by atoms with van der Waals surface area (Å²) < 4.78 is 45.6. The molecule has 2 heterocycles. The Morgan fingerprint density at radius 2 is 1.88 bits per heavy atom. The Balaban J connectivity index is 1.60. The number of aryl methyl sites for hydroxylation is 1. The van der Waals surface area contributed by atoms with Crippen molar-refractivity contribution in [2.24, 2.45) is 0 Å². The van der Waals surface area contributed by atoms with Gasteiger partial charge in [-0.2, -0.15) is 8.42 Å². The van der Waals surface area contributed by atoms with E-state index < -0.39 is 53.2 Å². The highest BCUT2D eigenvalue weighted by Crippen LogP contribution is 2.38. The van der Waals surface area contributed by atoms with Crippen LogP contribution >= 0.6 is 0 Å². The maximum atomic E-state index is 12.1. The molecule has 0 bridgehead atoms. The van der Waals surface area contributed by atoms with Crippen LogP contribution in [0.5, 0.6) is 0 Å². The second-order valence-corrected chi connectivity index (χ2v) is 8.29. The zero-order valence-electron chi connectivity index (χ0n) is 14.2. The zero-order valence-corrected chi connectivity index (χ0v) is 15.0. The van der Waals surface area contributed by atoms with Gasteiger partial charge in [-0.25, -0.2) is 0 Å². The molecule has 0 aliphatic carbocycles. The molecule has 2 aliphatic rings. The molecule has 2 N–H and O–H groups in total. The minimum Gasteiger partial charge on any atom is -0.388 e. The molecule has 3 rings (SSSR count). The average molecular weight is 374 g/mol. The van der Waals surface area contributed by atoms with Crippen molar-refractivity contribution in [2.45, 2.75) is 62.2 Å². The van der Waals surface area contributed by atoms with Gasteiger partial charge in [0, 0.05) is 0 Å². The van der Waals surface area contributed by atoms with Crippen molar-refractivity contribution < 1.29 is 37.0 Å². The molecule has 140 valence electrons. The monoisotopic (exact) mass is 374 g/mol. The number of benzene rings is 1. The first kappa shape index (κ1) is 18.7. The van der Waals surface area contributed by atoms with Gasteiger partial charge < -0.3 is 24.4 Å². The summed E-state index contributed by atoms with van der Waals surface area (Å²) in [5.74, 6) is -0.891. The van der Waals surface area contributed by atoms with Gasteiger partial charge >= 0.3 is 0 Å². The minimum atomic E-state index is -4.02. The summed E-state index contributed by atoms with van der Waals surface area (Å²) in [7, 11) is -4.02. The van der Waals surface area contributed by atoms with Gasteiger partial charge in [-0.15, -0.1) is 0 Å². The van der Waals surface area contributed by atoms with Gasteiger partial charge in [0.25, 0.3) is 10.1 Å². The van der Waals surface area contributed by atoms with Crippen LogP contribution in [0.15, 0.2) is 29.2 Å². The Kier molecular flexibility index (Phi) is 4.93. The maximum Gasteiger partial charge on any atom is 0.297 e. The summed E-state index contributed by atoms with van der Waals surface area (Å²) in [5, 5.41) is 20.4. The largest absolute Gasteiger partial charge is 0.388 e. The molecular formula is C16H22O8S. The summed E-state index contributed by atoms with van der Waals surface area (Å²) >= 11 is 0. The van der Waals surface area contributed by atoms with Crippen LogP contribution in [0.4, 0.5) is 0 Å². The van der Waals surface area contributed by atoms with Crippen molar-refractivity contribution in [3.63, 3.8) is 0 Å². The van der Waals surface area contributed by atoms with E-state index in [-0.39, 0.29) is 4.90 Å². The Morgan fingerprint density at radius 3 is 2.48 bits per heavy atom. The smallest absolute Gasteiger partial charge is 0.297 e. The van der Waals surface area contributed by atoms with Crippen LogP contribution in [0.1, 0.15) is 19.4 Å². The van der Waals surface area contributed by atoms with Crippen LogP contribution in [0.25, 0.3) is 0 Å². The molecule has 0 radical (unpaired) electrons. The number of aliphatic hydroxyl groups excluding tert-OH is 2. The molecule has 2 fully saturated rings. The number of hydrogen-bond acceptors (Lipinski definition) is 8. The highest BCUT2D eigenvalue weighted by molar-refractivity contribution is 7.86. The second kappa shape index (κ2) is 6.58. The number of rotatable bonds is 5. The van der Waals surface area contributed by atoms with E-state index in [4.69, 9.17) is 18.4 Å². The van der Waals surface area contributed by atoms with Crippen LogP contribution in [0.3, 0.4) is 0 Å². The molecule has 8 nitrogen and oxygen atoms in total. The van der Waals surface area contributed by atoms with Crippen molar-refractivity contribution in [3.05, 3.63) is 29.8 Å². The van der Waals surface area contributed by atoms with Gasteiger partial charge in [0.15, 0.2) is 12.1 Å². The lowest BCUT2D eigenvalue weighted by molar-refractivity contribution is -0.226. The predicted octanol–water partition coefficient (Wildman–Crippen LogP) is 0.299. The molecule has 0 amide bonds. The number of ether oxygens (including phenoxy) is 3. The fourth-order valence-electron chi connectivity index (χ4n) is 2.86. The van der Waals surface area contributed by atoms with Crippen LogP contribution in [-0.2, 0) is 28.5 Å². The zero-order chi connectivity index (χ0) is 18.4. The highest BCUT2D eigenvalue weighted by atomic mass is 32.2. The van der Waals surface area contributed by atoms with E-state index in [0.29, 0.717) is 0 Å². The van der Waals surface area contributed by atoms with Gasteiger partial charge in [0.1, 0.15) is 24.4 Å². The van der Waals surface area contributed by atoms with Gasteiger partial charge in [-0.05, 0) is 32.9 Å². The van der Waals surface area contributed by atoms with E-state index in [1.807, 2.05) is 6.92 Å². The van der Waals surface area contributed by atoms with Crippen molar-refractivity contribution in [3.8, 4) is 0 Å². The summed E-state index contributed by atoms with van der Waals surface area (Å²) in [6.45, 7) is 4.65. The maximum absolute atomic E-state index is 12.1. The number of hydrogen-bond donors (Lipinski definition) is 2. The molecule has 1 aromatic rings. The van der Waals surface area contributed by atoms with E-state index in [1.165, 1.54) is 12.1 Å². The Bertz CT molecular complexity index is 714. The fraction of sp³-hybridized carbons (Fsp3) is 0.625. The van der Waals surface area contributed by atoms with E-state index in [2.05, 4.69) is 0 Å². The molecule has 5 unspecified atom stereocenters. The molecule has 5 atom stereocenters. The molecular weight excluding hydrogens is 352 g/mol. The molecule has 1 aromatic carbocycles. The van der Waals surface area contributed by atoms with E-state index in [0.717, 1.165) is 5.56 Å². The summed E-state index contributed by atoms with van der Waals surface area (Å²) in [5.41, 5.74) is 0.913. The van der Waals surface area contributed by atoms with Gasteiger partial charge in [-0.1, -0.05) is 17.7 Å². The third-order valence-corrected chi connectivity index (χ3v) is 5.43. The van der Waals surface area contributed by atoms with E-state index in [1.54, 1.807) is 26.0 Å². The van der Waals surface area contributed by atoms with Crippen molar-refractivity contribution in [1.29, 1.82) is 0 Å². The lowest BCUT2D eigenvalue weighted by Gasteiger charge is -2.25. The third-order valence-electron chi connectivity index (χ3n) is 4.14. The van der Waals surface area contributed by atoms with Crippen molar-refractivity contribution in [2.75, 3.05) is 6.61 Å². The van der Waals surface area contributed by atoms with Crippen molar-refractivity contribution >= 4 is 10.1 Å². The predicted molar refractivity (Wildman–Crippen MR) is 85.0 cm³/mol. The Morgan fingerprint density at radius 1 is 1.24 bits per heavy atom. The second-order valence-electron chi connectivity index (χ2n) is 6.68. The summed E-state index contributed by atoms with van der Waals surface area (Å²) in [4.78, 5) is -0.0107. The summed E-state index contributed by atoms with van der Waals surface area (Å²) in [6, 6.07) is 6.14. The van der Waals surface area contributed by atoms with Gasteiger partial charge in [0.2, 0.25) is 0 Å². The SMILES string of the molecule is Cc1ccc(S(=O)(=O)OCC(O)C2OC3OC(C)(C)OC3C2O)cc1. The molecule has 25 heavy (non-hydrogen) atoms. The normalized spacial score (nSPS) is 32.5. The van der Waals surface area contributed by atoms with Crippen LogP contribution in [-0.4, -0.2) is 61.7 Å².